The second-order valence-corrected chi connectivity index (χ2v) is 10.7. The van der Waals surface area contributed by atoms with E-state index in [1.807, 2.05) is 52.0 Å². The molecule has 1 heterocycles. The molecule has 0 saturated carbocycles. The Kier molecular flexibility index (Phi) is 4.53. The van der Waals surface area contributed by atoms with Crippen LogP contribution >= 0.6 is 11.8 Å². The van der Waals surface area contributed by atoms with Gasteiger partial charge in [-0.05, 0) is 49.9 Å². The summed E-state index contributed by atoms with van der Waals surface area (Å²) >= 11 is 1.62. The topological polar surface area (TPSA) is 46.6 Å². The first-order valence-corrected chi connectivity index (χ1v) is 10.4. The number of aldehydes is 1. The highest BCUT2D eigenvalue weighted by Crippen LogP contribution is 2.51. The Morgan fingerprint density at radius 1 is 1.04 bits per heavy atom. The van der Waals surface area contributed by atoms with Crippen LogP contribution in [0.3, 0.4) is 0 Å². The van der Waals surface area contributed by atoms with Gasteiger partial charge in [0.2, 0.25) is 0 Å². The summed E-state index contributed by atoms with van der Waals surface area (Å²) in [6.07, 6.45) is 0.436. The van der Waals surface area contributed by atoms with Crippen molar-refractivity contribution >= 4 is 24.1 Å². The van der Waals surface area contributed by atoms with Crippen molar-refractivity contribution in [1.29, 1.82) is 0 Å². The molecule has 1 saturated heterocycles. The summed E-state index contributed by atoms with van der Waals surface area (Å²) < 4.78 is 5.45. The van der Waals surface area contributed by atoms with E-state index < -0.39 is 17.0 Å². The van der Waals surface area contributed by atoms with E-state index >= 15 is 0 Å². The van der Waals surface area contributed by atoms with Crippen molar-refractivity contribution in [3.05, 3.63) is 59.7 Å². The molecule has 1 atom stereocenters. The summed E-state index contributed by atoms with van der Waals surface area (Å²) in [5.41, 5.74) is 4.75. The van der Waals surface area contributed by atoms with E-state index in [1.54, 1.807) is 16.7 Å². The monoisotopic (exact) mass is 395 g/mol. The van der Waals surface area contributed by atoms with Crippen LogP contribution in [0, 0.1) is 0 Å². The summed E-state index contributed by atoms with van der Waals surface area (Å²) in [4.78, 5) is 25.9. The smallest absolute Gasteiger partial charge is 0.411 e. The fourth-order valence-corrected chi connectivity index (χ4v) is 6.48. The molecule has 4 nitrogen and oxygen atoms in total. The van der Waals surface area contributed by atoms with E-state index in [0.29, 0.717) is 0 Å². The Labute approximate surface area is 170 Å². The molecule has 1 aliphatic carbocycles. The molecule has 1 aliphatic heterocycles. The molecule has 0 spiro atoms. The molecule has 0 unspecified atom stereocenters. The molecule has 4 rings (SSSR count). The highest BCUT2D eigenvalue weighted by atomic mass is 32.2. The molecule has 0 bridgehead atoms. The van der Waals surface area contributed by atoms with Crippen molar-refractivity contribution in [2.75, 3.05) is 6.61 Å². The lowest BCUT2D eigenvalue weighted by Crippen LogP contribution is -2.50. The zero-order valence-corrected chi connectivity index (χ0v) is 17.5. The first kappa shape index (κ1) is 19.1. The van der Waals surface area contributed by atoms with Crippen LogP contribution in [0.15, 0.2) is 48.5 Å². The van der Waals surface area contributed by atoms with Gasteiger partial charge in [-0.1, -0.05) is 48.5 Å². The van der Waals surface area contributed by atoms with E-state index in [0.717, 1.165) is 6.29 Å². The number of carbonyl (C=O) groups is 2. The summed E-state index contributed by atoms with van der Waals surface area (Å²) in [6.45, 7) is 8.18. The van der Waals surface area contributed by atoms with Gasteiger partial charge < -0.3 is 9.53 Å². The standard InChI is InChI=1S/C23H25NO3S/c1-22(2)20(13-25)24(23(3,4)28-22)21(26)27-14-19-17-11-7-5-9-15(17)16-10-6-8-12-18(16)19/h5-13,19-20H,14H2,1-4H3/t20-/m1/s1. The summed E-state index contributed by atoms with van der Waals surface area (Å²) in [6, 6.07) is 16.0. The Bertz CT molecular complexity index is 891. The van der Waals surface area contributed by atoms with E-state index in [1.165, 1.54) is 22.3 Å². The largest absolute Gasteiger partial charge is 0.448 e. The maximum atomic E-state index is 13.0. The third kappa shape index (κ3) is 2.93. The van der Waals surface area contributed by atoms with Gasteiger partial charge in [-0.3, -0.25) is 4.90 Å². The number of fused-ring (bicyclic) bond motifs is 3. The molecule has 0 aromatic heterocycles. The fraction of sp³-hybridized carbons (Fsp3) is 0.391. The molecule has 2 aliphatic rings. The molecule has 0 N–H and O–H groups in total. The fourth-order valence-electron chi connectivity index (χ4n) is 4.62. The van der Waals surface area contributed by atoms with Crippen molar-refractivity contribution in [2.45, 2.75) is 49.3 Å². The van der Waals surface area contributed by atoms with Crippen LogP contribution in [0.5, 0.6) is 0 Å². The van der Waals surface area contributed by atoms with Crippen molar-refractivity contribution in [3.63, 3.8) is 0 Å². The summed E-state index contributed by atoms with van der Waals surface area (Å²) in [5, 5.41) is 0. The highest BCUT2D eigenvalue weighted by molar-refractivity contribution is 8.02. The molecule has 2 aromatic carbocycles. The number of carbonyl (C=O) groups excluding carboxylic acids is 2. The summed E-state index contributed by atoms with van der Waals surface area (Å²) in [5.74, 6) is 0.0115. The molecular formula is C23H25NO3S. The number of hydrogen-bond acceptors (Lipinski definition) is 4. The average Bonchev–Trinajstić information content (AvgIpc) is 3.06. The predicted octanol–water partition coefficient (Wildman–Crippen LogP) is 5.07. The molecule has 2 aromatic rings. The highest BCUT2D eigenvalue weighted by Gasteiger charge is 2.54. The van der Waals surface area contributed by atoms with Gasteiger partial charge in [-0.15, -0.1) is 11.8 Å². The maximum absolute atomic E-state index is 13.0. The Morgan fingerprint density at radius 2 is 1.57 bits per heavy atom. The number of ether oxygens (including phenoxy) is 1. The normalized spacial score (nSPS) is 21.9. The van der Waals surface area contributed by atoms with Crippen molar-refractivity contribution in [2.24, 2.45) is 0 Å². The number of rotatable bonds is 3. The lowest BCUT2D eigenvalue weighted by molar-refractivity contribution is -0.113. The zero-order valence-electron chi connectivity index (χ0n) is 16.6. The van der Waals surface area contributed by atoms with Crippen molar-refractivity contribution in [3.8, 4) is 11.1 Å². The summed E-state index contributed by atoms with van der Waals surface area (Å²) in [7, 11) is 0. The van der Waals surface area contributed by atoms with Gasteiger partial charge in [0.15, 0.2) is 0 Å². The number of amides is 1. The third-order valence-corrected chi connectivity index (χ3v) is 7.21. The van der Waals surface area contributed by atoms with Crippen LogP contribution in [0.1, 0.15) is 44.7 Å². The minimum Gasteiger partial charge on any atom is -0.448 e. The van der Waals surface area contributed by atoms with E-state index in [2.05, 4.69) is 24.3 Å². The van der Waals surface area contributed by atoms with Crippen LogP contribution in [-0.4, -0.2) is 39.5 Å². The van der Waals surface area contributed by atoms with E-state index in [9.17, 15) is 9.59 Å². The molecular weight excluding hydrogens is 370 g/mol. The quantitative estimate of drug-likeness (QED) is 0.681. The predicted molar refractivity (Wildman–Crippen MR) is 113 cm³/mol. The van der Waals surface area contributed by atoms with Gasteiger partial charge in [0.05, 0.1) is 4.87 Å². The molecule has 28 heavy (non-hydrogen) atoms. The van der Waals surface area contributed by atoms with E-state index in [-0.39, 0.29) is 17.3 Å². The molecule has 0 radical (unpaired) electrons. The third-order valence-electron chi connectivity index (χ3n) is 5.75. The molecule has 1 amide bonds. The SMILES string of the molecule is CC1(C)SC(C)(C)N(C(=O)OCC2c3ccccc3-c3ccccc32)[C@@H]1C=O. The Hall–Kier alpha value is -2.27. The van der Waals surface area contributed by atoms with Crippen molar-refractivity contribution < 1.29 is 14.3 Å². The van der Waals surface area contributed by atoms with Crippen LogP contribution in [-0.2, 0) is 9.53 Å². The molecule has 1 fully saturated rings. The van der Waals surface area contributed by atoms with Gasteiger partial charge in [-0.2, -0.15) is 0 Å². The minimum absolute atomic E-state index is 0.0115. The minimum atomic E-state index is -0.511. The van der Waals surface area contributed by atoms with Crippen LogP contribution in [0.25, 0.3) is 11.1 Å². The van der Waals surface area contributed by atoms with Gasteiger partial charge in [0.25, 0.3) is 0 Å². The second-order valence-electron chi connectivity index (χ2n) is 8.41. The van der Waals surface area contributed by atoms with Crippen LogP contribution < -0.4 is 0 Å². The van der Waals surface area contributed by atoms with Crippen molar-refractivity contribution in [1.82, 2.24) is 4.90 Å². The van der Waals surface area contributed by atoms with Gasteiger partial charge >= 0.3 is 6.09 Å². The lowest BCUT2D eigenvalue weighted by Gasteiger charge is -2.32. The first-order valence-electron chi connectivity index (χ1n) is 9.56. The molecule has 5 heteroatoms. The van der Waals surface area contributed by atoms with Gasteiger partial charge in [-0.25, -0.2) is 4.79 Å². The van der Waals surface area contributed by atoms with Crippen LogP contribution in [0.2, 0.25) is 0 Å². The second kappa shape index (κ2) is 6.66. The number of hydrogen-bond donors (Lipinski definition) is 0. The Morgan fingerprint density at radius 3 is 2.11 bits per heavy atom. The van der Waals surface area contributed by atoms with Crippen LogP contribution in [0.4, 0.5) is 4.79 Å². The van der Waals surface area contributed by atoms with E-state index in [4.69, 9.17) is 4.74 Å². The van der Waals surface area contributed by atoms with Gasteiger partial charge in [0.1, 0.15) is 18.9 Å². The Balaban J connectivity index is 1.58. The lowest BCUT2D eigenvalue weighted by atomic mass is 9.98. The first-order chi connectivity index (χ1) is 13.3. The number of nitrogens with zero attached hydrogens (tertiary/aromatic N) is 1. The molecule has 146 valence electrons. The van der Waals surface area contributed by atoms with Gasteiger partial charge in [0, 0.05) is 10.7 Å². The number of thioether (sulfide) groups is 1. The zero-order chi connectivity index (χ0) is 20.1. The number of benzene rings is 2. The average molecular weight is 396 g/mol. The maximum Gasteiger partial charge on any atom is 0.411 e.